The first-order valence-corrected chi connectivity index (χ1v) is 10.4. The molecule has 0 aliphatic heterocycles. The van der Waals surface area contributed by atoms with Gasteiger partial charge in [-0.1, -0.05) is 32.4 Å². The Balaban J connectivity index is 1.64. The van der Waals surface area contributed by atoms with Gasteiger partial charge in [0, 0.05) is 13.0 Å². The van der Waals surface area contributed by atoms with Crippen molar-refractivity contribution in [3.63, 3.8) is 0 Å². The highest BCUT2D eigenvalue weighted by Crippen LogP contribution is 2.65. The Morgan fingerprint density at radius 2 is 2.00 bits per heavy atom. The van der Waals surface area contributed by atoms with Crippen LogP contribution in [0, 0.1) is 34.5 Å². The van der Waals surface area contributed by atoms with E-state index in [2.05, 4.69) is 32.2 Å². The number of fused-ring (bicyclic) bond motifs is 5. The smallest absolute Gasteiger partial charge is 0.217 e. The van der Waals surface area contributed by atoms with E-state index in [0.717, 1.165) is 37.0 Å². The summed E-state index contributed by atoms with van der Waals surface area (Å²) in [6.07, 6.45) is 10.3. The van der Waals surface area contributed by atoms with E-state index in [4.69, 9.17) is 0 Å². The van der Waals surface area contributed by atoms with E-state index >= 15 is 0 Å². The number of nitrogens with one attached hydrogen (secondary N) is 1. The number of carbonyl (C=O) groups excluding carboxylic acids is 1. The van der Waals surface area contributed by atoms with Gasteiger partial charge in [-0.25, -0.2) is 0 Å². The van der Waals surface area contributed by atoms with Crippen LogP contribution in [0.4, 0.5) is 0 Å². The minimum absolute atomic E-state index is 0.125. The summed E-state index contributed by atoms with van der Waals surface area (Å²) in [6.45, 7) is 8.93. The summed E-state index contributed by atoms with van der Waals surface area (Å²) < 4.78 is 0. The predicted molar refractivity (Wildman–Crippen MR) is 99.9 cm³/mol. The van der Waals surface area contributed by atoms with Gasteiger partial charge in [-0.05, 0) is 79.4 Å². The van der Waals surface area contributed by atoms with Crippen molar-refractivity contribution in [2.75, 3.05) is 0 Å². The summed E-state index contributed by atoms with van der Waals surface area (Å²) >= 11 is 0. The van der Waals surface area contributed by atoms with Crippen molar-refractivity contribution < 1.29 is 9.90 Å². The van der Waals surface area contributed by atoms with Gasteiger partial charge < -0.3 is 10.4 Å². The van der Waals surface area contributed by atoms with E-state index in [0.29, 0.717) is 17.4 Å². The highest BCUT2D eigenvalue weighted by atomic mass is 16.3. The molecule has 0 aromatic carbocycles. The molecule has 0 spiro atoms. The molecule has 2 N–H and O–H groups in total. The molecule has 3 fully saturated rings. The number of aliphatic hydroxyl groups is 1. The Labute approximate surface area is 152 Å². The Morgan fingerprint density at radius 1 is 1.24 bits per heavy atom. The summed E-state index contributed by atoms with van der Waals surface area (Å²) in [4.78, 5) is 11.8. The number of hydrogen-bond acceptors (Lipinski definition) is 2. The lowest BCUT2D eigenvalue weighted by atomic mass is 9.48. The fraction of sp³-hybridized carbons (Fsp3) is 0.864. The number of hydrogen-bond donors (Lipinski definition) is 2. The van der Waals surface area contributed by atoms with Gasteiger partial charge >= 0.3 is 0 Å². The van der Waals surface area contributed by atoms with Gasteiger partial charge in [0.15, 0.2) is 0 Å². The first-order chi connectivity index (χ1) is 11.8. The number of carbonyl (C=O) groups is 1. The highest BCUT2D eigenvalue weighted by Gasteiger charge is 2.60. The Bertz CT molecular complexity index is 599. The maximum absolute atomic E-state index is 11.8. The van der Waals surface area contributed by atoms with E-state index in [1.54, 1.807) is 12.5 Å². The minimum Gasteiger partial charge on any atom is -0.393 e. The maximum atomic E-state index is 11.8. The largest absolute Gasteiger partial charge is 0.393 e. The van der Waals surface area contributed by atoms with Gasteiger partial charge in [0.25, 0.3) is 0 Å². The van der Waals surface area contributed by atoms with Crippen LogP contribution in [-0.2, 0) is 4.79 Å². The average Bonchev–Trinajstić information content (AvgIpc) is 2.79. The van der Waals surface area contributed by atoms with E-state index in [1.807, 2.05) is 0 Å². The molecule has 0 aromatic heterocycles. The zero-order valence-electron chi connectivity index (χ0n) is 16.3. The molecule has 1 amide bonds. The highest BCUT2D eigenvalue weighted by molar-refractivity contribution is 5.73. The summed E-state index contributed by atoms with van der Waals surface area (Å²) in [5, 5.41) is 13.4. The lowest BCUT2D eigenvalue weighted by molar-refractivity contribution is -0.121. The molecule has 0 saturated heterocycles. The van der Waals surface area contributed by atoms with Gasteiger partial charge in [-0.15, -0.1) is 0 Å². The molecule has 140 valence electrons. The zero-order chi connectivity index (χ0) is 18.0. The van der Waals surface area contributed by atoms with Crippen molar-refractivity contribution in [2.45, 2.75) is 84.8 Å². The SMILES string of the molecule is CC(=O)NC1C(C)CC2C3CC=C4CC(O)CCC4(C)C3CCC21C. The monoisotopic (exact) mass is 345 g/mol. The van der Waals surface area contributed by atoms with Crippen LogP contribution in [0.15, 0.2) is 11.6 Å². The molecule has 3 saturated carbocycles. The lowest BCUT2D eigenvalue weighted by Crippen LogP contribution is -2.54. The van der Waals surface area contributed by atoms with Gasteiger partial charge in [0.05, 0.1) is 6.10 Å². The van der Waals surface area contributed by atoms with Gasteiger partial charge in [0.2, 0.25) is 5.91 Å². The second-order valence-electron chi connectivity index (χ2n) is 10.1. The van der Waals surface area contributed by atoms with Gasteiger partial charge in [-0.2, -0.15) is 0 Å². The van der Waals surface area contributed by atoms with E-state index in [9.17, 15) is 9.90 Å². The van der Waals surface area contributed by atoms with Crippen molar-refractivity contribution in [3.05, 3.63) is 11.6 Å². The molecule has 3 heteroatoms. The molecular weight excluding hydrogens is 310 g/mol. The van der Waals surface area contributed by atoms with Crippen molar-refractivity contribution >= 4 is 5.91 Å². The first-order valence-electron chi connectivity index (χ1n) is 10.4. The summed E-state index contributed by atoms with van der Waals surface area (Å²) in [6, 6.07) is 0.335. The van der Waals surface area contributed by atoms with Crippen LogP contribution in [0.3, 0.4) is 0 Å². The fourth-order valence-electron chi connectivity index (χ4n) is 7.53. The topological polar surface area (TPSA) is 49.3 Å². The van der Waals surface area contributed by atoms with E-state index < -0.39 is 0 Å². The van der Waals surface area contributed by atoms with Gasteiger partial charge in [-0.3, -0.25) is 4.79 Å². The molecule has 4 aliphatic carbocycles. The maximum Gasteiger partial charge on any atom is 0.217 e. The normalized spacial score (nSPS) is 51.8. The molecule has 0 aromatic rings. The van der Waals surface area contributed by atoms with Crippen LogP contribution in [0.5, 0.6) is 0 Å². The van der Waals surface area contributed by atoms with E-state index in [1.165, 1.54) is 25.7 Å². The standard InChI is InChI=1S/C22H35NO2/c1-13-11-19-17-6-5-15-12-16(25)7-9-21(15,3)18(17)8-10-22(19,4)20(13)23-14(2)24/h5,13,16-20,25H,6-12H2,1-4H3,(H,23,24). The van der Waals surface area contributed by atoms with Crippen LogP contribution in [0.1, 0.15) is 72.6 Å². The van der Waals surface area contributed by atoms with Crippen molar-refractivity contribution in [1.29, 1.82) is 0 Å². The zero-order valence-corrected chi connectivity index (χ0v) is 16.3. The average molecular weight is 346 g/mol. The molecular formula is C22H35NO2. The second-order valence-corrected chi connectivity index (χ2v) is 10.1. The number of amides is 1. The molecule has 4 aliphatic rings. The minimum atomic E-state index is -0.125. The molecule has 0 heterocycles. The number of allylic oxidation sites excluding steroid dienone is 1. The number of aliphatic hydroxyl groups excluding tert-OH is 1. The summed E-state index contributed by atoms with van der Waals surface area (Å²) in [5.41, 5.74) is 2.10. The van der Waals surface area contributed by atoms with Crippen LogP contribution >= 0.6 is 0 Å². The van der Waals surface area contributed by atoms with Crippen LogP contribution in [0.25, 0.3) is 0 Å². The van der Waals surface area contributed by atoms with Crippen LogP contribution in [0.2, 0.25) is 0 Å². The molecule has 25 heavy (non-hydrogen) atoms. The Kier molecular flexibility index (Phi) is 4.10. The third-order valence-corrected chi connectivity index (χ3v) is 8.78. The van der Waals surface area contributed by atoms with Crippen molar-refractivity contribution in [1.82, 2.24) is 5.32 Å². The van der Waals surface area contributed by atoms with Crippen molar-refractivity contribution in [2.24, 2.45) is 34.5 Å². The molecule has 8 unspecified atom stereocenters. The third-order valence-electron chi connectivity index (χ3n) is 8.78. The Hall–Kier alpha value is -0.830. The summed E-state index contributed by atoms with van der Waals surface area (Å²) in [7, 11) is 0. The van der Waals surface area contributed by atoms with Crippen LogP contribution in [-0.4, -0.2) is 23.2 Å². The van der Waals surface area contributed by atoms with E-state index in [-0.39, 0.29) is 17.4 Å². The predicted octanol–water partition coefficient (Wildman–Crippen LogP) is 4.06. The quantitative estimate of drug-likeness (QED) is 0.704. The van der Waals surface area contributed by atoms with Gasteiger partial charge in [0.1, 0.15) is 0 Å². The fourth-order valence-corrected chi connectivity index (χ4v) is 7.53. The molecule has 0 radical (unpaired) electrons. The number of rotatable bonds is 1. The lowest BCUT2D eigenvalue weighted by Gasteiger charge is -2.58. The molecule has 3 nitrogen and oxygen atoms in total. The summed E-state index contributed by atoms with van der Waals surface area (Å²) in [5.74, 6) is 2.94. The first kappa shape index (κ1) is 17.6. The molecule has 8 atom stereocenters. The van der Waals surface area contributed by atoms with Crippen LogP contribution < -0.4 is 5.32 Å². The Morgan fingerprint density at radius 3 is 2.72 bits per heavy atom. The molecule has 0 bridgehead atoms. The second kappa shape index (κ2) is 5.84. The van der Waals surface area contributed by atoms with Crippen molar-refractivity contribution in [3.8, 4) is 0 Å². The molecule has 4 rings (SSSR count). The third kappa shape index (κ3) is 2.52.